The van der Waals surface area contributed by atoms with E-state index in [0.717, 1.165) is 26.1 Å². The largest absolute Gasteiger partial charge is 0.461 e. The van der Waals surface area contributed by atoms with Gasteiger partial charge in [-0.1, -0.05) is 6.92 Å². The fourth-order valence-corrected chi connectivity index (χ4v) is 1.76. The molecule has 0 aromatic carbocycles. The summed E-state index contributed by atoms with van der Waals surface area (Å²) in [6.45, 7) is 5.37. The first-order valence-electron chi connectivity index (χ1n) is 4.51. The lowest BCUT2D eigenvalue weighted by Gasteiger charge is -2.27. The van der Waals surface area contributed by atoms with Gasteiger partial charge < -0.3 is 9.47 Å². The van der Waals surface area contributed by atoms with E-state index in [9.17, 15) is 0 Å². The van der Waals surface area contributed by atoms with Crippen LogP contribution in [0.1, 0.15) is 18.4 Å². The smallest absolute Gasteiger partial charge is 0.108 e. The second-order valence-electron chi connectivity index (χ2n) is 3.35. The van der Waals surface area contributed by atoms with Crippen molar-refractivity contribution in [3.8, 4) is 0 Å². The number of nitrogens with zero attached hydrogens (tertiary/aromatic N) is 2. The minimum Gasteiger partial charge on any atom is -0.461 e. The van der Waals surface area contributed by atoms with Gasteiger partial charge >= 0.3 is 0 Å². The summed E-state index contributed by atoms with van der Waals surface area (Å²) >= 11 is 0. The fraction of sp³-hybridized carbons (Fsp3) is 0.556. The van der Waals surface area contributed by atoms with Crippen LogP contribution in [0.15, 0.2) is 6.20 Å². The highest BCUT2D eigenvalue weighted by Crippen LogP contribution is 2.06. The number of fused-ring (bicyclic) bond motifs is 1. The Kier molecular flexibility index (Phi) is 1.89. The highest BCUT2D eigenvalue weighted by Gasteiger charge is 2.15. The van der Waals surface area contributed by atoms with Crippen molar-refractivity contribution in [1.29, 1.82) is 0 Å². The predicted octanol–water partition coefficient (Wildman–Crippen LogP) is -0.364. The quantitative estimate of drug-likeness (QED) is 0.564. The molecule has 0 bridgehead atoms. The lowest BCUT2D eigenvalue weighted by atomic mass is 10.3. The molecule has 2 heterocycles. The maximum Gasteiger partial charge on any atom is 0.108 e. The monoisotopic (exact) mass is 165 g/mol. The number of rotatable bonds is 1. The third-order valence-corrected chi connectivity index (χ3v) is 2.46. The Labute approximate surface area is 73.0 Å². The van der Waals surface area contributed by atoms with Gasteiger partial charge in [0.05, 0.1) is 31.5 Å². The number of imidazole rings is 1. The molecule has 3 heteroatoms. The molecule has 0 saturated carbocycles. The van der Waals surface area contributed by atoms with E-state index in [-0.39, 0.29) is 0 Å². The van der Waals surface area contributed by atoms with Gasteiger partial charge in [0.2, 0.25) is 0 Å². The van der Waals surface area contributed by atoms with E-state index in [2.05, 4.69) is 23.5 Å². The Morgan fingerprint density at radius 3 is 3.33 bits per heavy atom. The van der Waals surface area contributed by atoms with Gasteiger partial charge in [0, 0.05) is 6.42 Å². The first kappa shape index (κ1) is 7.80. The number of quaternary nitrogens is 1. The summed E-state index contributed by atoms with van der Waals surface area (Å²) in [6, 6.07) is 0. The molecule has 2 rings (SSSR count). The molecular formula is C9H15N3. The molecule has 1 aliphatic heterocycles. The summed E-state index contributed by atoms with van der Waals surface area (Å²) in [5.74, 6) is 1.22. The molecule has 0 spiro atoms. The summed E-state index contributed by atoms with van der Waals surface area (Å²) in [4.78, 5) is 5.71. The molecule has 0 amide bonds. The molecule has 0 saturated heterocycles. The minimum absolute atomic E-state index is 1.02. The molecule has 1 N–H and O–H groups in total. The molecular weight excluding hydrogens is 150 g/mol. The van der Waals surface area contributed by atoms with Crippen molar-refractivity contribution >= 4 is 0 Å². The standard InChI is InChI=1S/C9H15N3/c1-3-9-10-6-8-7-11(2)4-5-12(8)9/h6,11H,2-5,7H2,1H3. The first-order chi connectivity index (χ1) is 5.81. The van der Waals surface area contributed by atoms with Crippen LogP contribution >= 0.6 is 0 Å². The Morgan fingerprint density at radius 2 is 2.58 bits per heavy atom. The average molecular weight is 165 g/mol. The topological polar surface area (TPSA) is 22.3 Å². The van der Waals surface area contributed by atoms with E-state index < -0.39 is 0 Å². The highest BCUT2D eigenvalue weighted by molar-refractivity contribution is 5.05. The summed E-state index contributed by atoms with van der Waals surface area (Å²) in [6.07, 6.45) is 3.02. The van der Waals surface area contributed by atoms with Crippen LogP contribution in [0.4, 0.5) is 0 Å². The van der Waals surface area contributed by atoms with Crippen LogP contribution in [0.3, 0.4) is 0 Å². The summed E-state index contributed by atoms with van der Waals surface area (Å²) in [7, 11) is 4.01. The van der Waals surface area contributed by atoms with Gasteiger partial charge in [-0.3, -0.25) is 0 Å². The van der Waals surface area contributed by atoms with Crippen LogP contribution in [-0.4, -0.2) is 16.1 Å². The van der Waals surface area contributed by atoms with Crippen molar-refractivity contribution in [2.24, 2.45) is 0 Å². The molecule has 0 fully saturated rings. The van der Waals surface area contributed by atoms with Gasteiger partial charge in [0.15, 0.2) is 0 Å². The number of nitrogens with one attached hydrogen (secondary N) is 1. The molecule has 66 valence electrons. The molecule has 1 aromatic rings. The zero-order valence-corrected chi connectivity index (χ0v) is 7.51. The van der Waals surface area contributed by atoms with E-state index in [4.69, 9.17) is 0 Å². The van der Waals surface area contributed by atoms with Crippen LogP contribution in [0.25, 0.3) is 0 Å². The zero-order chi connectivity index (χ0) is 8.55. The number of aromatic nitrogens is 2. The lowest BCUT2D eigenvalue weighted by Crippen LogP contribution is -3.06. The zero-order valence-electron chi connectivity index (χ0n) is 7.51. The molecule has 1 aromatic heterocycles. The second-order valence-corrected chi connectivity index (χ2v) is 3.35. The number of hydrogen-bond donors (Lipinski definition) is 1. The highest BCUT2D eigenvalue weighted by atomic mass is 15.2. The van der Waals surface area contributed by atoms with Gasteiger partial charge in [-0.15, -0.1) is 0 Å². The third kappa shape index (κ3) is 1.14. The van der Waals surface area contributed by atoms with Crippen LogP contribution < -0.4 is 4.90 Å². The Hall–Kier alpha value is -0.830. The Morgan fingerprint density at radius 1 is 1.75 bits per heavy atom. The maximum atomic E-state index is 4.37. The normalized spacial score (nSPS) is 22.3. The van der Waals surface area contributed by atoms with E-state index in [1.54, 1.807) is 0 Å². The van der Waals surface area contributed by atoms with Crippen LogP contribution in [0.2, 0.25) is 0 Å². The maximum absolute atomic E-state index is 4.37. The van der Waals surface area contributed by atoms with Gasteiger partial charge in [0.25, 0.3) is 0 Å². The van der Waals surface area contributed by atoms with Gasteiger partial charge in [-0.25, -0.2) is 4.98 Å². The molecule has 0 radical (unpaired) electrons. The predicted molar refractivity (Wildman–Crippen MR) is 46.5 cm³/mol. The van der Waals surface area contributed by atoms with Gasteiger partial charge in [-0.05, 0) is 0 Å². The minimum atomic E-state index is 1.02. The number of aryl methyl sites for hydroxylation is 1. The van der Waals surface area contributed by atoms with Crippen molar-refractivity contribution in [2.75, 3.05) is 6.54 Å². The van der Waals surface area contributed by atoms with E-state index in [1.807, 2.05) is 6.20 Å². The lowest BCUT2D eigenvalue weighted by molar-refractivity contribution is -0.872. The van der Waals surface area contributed by atoms with E-state index in [1.165, 1.54) is 16.4 Å². The Balaban J connectivity index is 2.32. The van der Waals surface area contributed by atoms with Crippen molar-refractivity contribution in [2.45, 2.75) is 26.4 Å². The molecule has 0 aliphatic carbocycles. The molecule has 12 heavy (non-hydrogen) atoms. The second kappa shape index (κ2) is 2.90. The van der Waals surface area contributed by atoms with Crippen molar-refractivity contribution in [3.63, 3.8) is 0 Å². The van der Waals surface area contributed by atoms with Crippen LogP contribution in [0, 0.1) is 7.05 Å². The van der Waals surface area contributed by atoms with Crippen LogP contribution in [-0.2, 0) is 19.5 Å². The van der Waals surface area contributed by atoms with Crippen molar-refractivity contribution in [3.05, 3.63) is 24.8 Å². The van der Waals surface area contributed by atoms with Gasteiger partial charge in [-0.2, -0.15) is 7.05 Å². The van der Waals surface area contributed by atoms with Crippen LogP contribution in [0.5, 0.6) is 0 Å². The van der Waals surface area contributed by atoms with Gasteiger partial charge in [0.1, 0.15) is 5.82 Å². The molecule has 3 nitrogen and oxygen atoms in total. The van der Waals surface area contributed by atoms with Crippen molar-refractivity contribution in [1.82, 2.24) is 9.55 Å². The Bertz CT molecular complexity index is 277. The molecule has 1 atom stereocenters. The van der Waals surface area contributed by atoms with E-state index >= 15 is 0 Å². The van der Waals surface area contributed by atoms with Crippen molar-refractivity contribution < 1.29 is 4.90 Å². The third-order valence-electron chi connectivity index (χ3n) is 2.46. The summed E-state index contributed by atoms with van der Waals surface area (Å²) < 4.78 is 2.33. The first-order valence-corrected chi connectivity index (χ1v) is 4.51. The SMILES string of the molecule is [CH2-][NH+]1CCn2c(cnc2CC)C1. The molecule has 1 aliphatic rings. The summed E-state index contributed by atoms with van der Waals surface area (Å²) in [5.41, 5.74) is 1.34. The molecule has 1 unspecified atom stereocenters. The fourth-order valence-electron chi connectivity index (χ4n) is 1.76. The number of hydrogen-bond acceptors (Lipinski definition) is 1. The summed E-state index contributed by atoms with van der Waals surface area (Å²) in [5, 5.41) is 0. The average Bonchev–Trinajstić information content (AvgIpc) is 2.46. The van der Waals surface area contributed by atoms with E-state index in [0.29, 0.717) is 0 Å².